The van der Waals surface area contributed by atoms with Crippen molar-refractivity contribution in [3.63, 3.8) is 0 Å². The monoisotopic (exact) mass is 411 g/mol. The fourth-order valence-electron chi connectivity index (χ4n) is 3.39. The minimum atomic E-state index is -0.263. The van der Waals surface area contributed by atoms with Crippen LogP contribution >= 0.6 is 11.8 Å². The predicted octanol–water partition coefficient (Wildman–Crippen LogP) is 2.43. The normalized spacial score (nSPS) is 17.5. The van der Waals surface area contributed by atoms with Gasteiger partial charge in [0.1, 0.15) is 11.2 Å². The van der Waals surface area contributed by atoms with Crippen molar-refractivity contribution in [3.8, 4) is 0 Å². The molecule has 0 aliphatic carbocycles. The first-order valence-electron chi connectivity index (χ1n) is 10.2. The number of rotatable bonds is 11. The number of unbranched alkanes of at least 4 members (excludes halogenated alkanes) is 1. The van der Waals surface area contributed by atoms with E-state index in [-0.39, 0.29) is 23.1 Å². The number of halogens is 1. The number of carbonyl (C=O) groups excluding carboxylic acids is 2. The Morgan fingerprint density at radius 3 is 2.61 bits per heavy atom. The lowest BCUT2D eigenvalue weighted by molar-refractivity contribution is -0.892. The maximum absolute atomic E-state index is 13.2. The van der Waals surface area contributed by atoms with Gasteiger partial charge < -0.3 is 14.5 Å². The number of benzene rings is 1. The molecular weight excluding hydrogens is 379 g/mol. The molecule has 1 heterocycles. The Morgan fingerprint density at radius 2 is 1.93 bits per heavy atom. The summed E-state index contributed by atoms with van der Waals surface area (Å²) in [6, 6.07) is 6.43. The Kier molecular flexibility index (Phi) is 9.78. The van der Waals surface area contributed by atoms with Gasteiger partial charge in [0.05, 0.1) is 26.1 Å². The SMILES string of the molecule is CCCC[NH+](CCCC(=O)OCC)CC(=O)N1CCS[C@@H]1c1ccc(F)cc1. The van der Waals surface area contributed by atoms with E-state index in [1.165, 1.54) is 17.0 Å². The summed E-state index contributed by atoms with van der Waals surface area (Å²) in [5, 5.41) is -0.0416. The first kappa shape index (κ1) is 22.7. The van der Waals surface area contributed by atoms with Gasteiger partial charge in [-0.3, -0.25) is 9.59 Å². The highest BCUT2D eigenvalue weighted by Gasteiger charge is 2.32. The third kappa shape index (κ3) is 7.09. The zero-order valence-electron chi connectivity index (χ0n) is 16.9. The molecule has 1 aliphatic rings. The molecule has 2 rings (SSSR count). The van der Waals surface area contributed by atoms with E-state index in [0.717, 1.165) is 50.2 Å². The molecule has 1 N–H and O–H groups in total. The fraction of sp³-hybridized carbons (Fsp3) is 0.619. The zero-order chi connectivity index (χ0) is 20.4. The van der Waals surface area contributed by atoms with Gasteiger partial charge in [0.25, 0.3) is 5.91 Å². The molecule has 1 saturated heterocycles. The number of carbonyl (C=O) groups is 2. The second-order valence-corrected chi connectivity index (χ2v) is 8.24. The van der Waals surface area contributed by atoms with Crippen LogP contribution in [0, 0.1) is 5.82 Å². The summed E-state index contributed by atoms with van der Waals surface area (Å²) in [4.78, 5) is 27.7. The van der Waals surface area contributed by atoms with Crippen molar-refractivity contribution >= 4 is 23.6 Å². The molecule has 1 fully saturated rings. The van der Waals surface area contributed by atoms with Crippen LogP contribution < -0.4 is 4.90 Å². The summed E-state index contributed by atoms with van der Waals surface area (Å²) < 4.78 is 18.2. The van der Waals surface area contributed by atoms with Gasteiger partial charge in [-0.1, -0.05) is 25.5 Å². The van der Waals surface area contributed by atoms with Gasteiger partial charge in [0, 0.05) is 18.7 Å². The number of esters is 1. The largest absolute Gasteiger partial charge is 0.466 e. The molecule has 0 aromatic heterocycles. The first-order valence-corrected chi connectivity index (χ1v) is 11.3. The van der Waals surface area contributed by atoms with Gasteiger partial charge in [0.2, 0.25) is 0 Å². The summed E-state index contributed by atoms with van der Waals surface area (Å²) in [5.74, 6) is 0.583. The molecule has 2 atom stereocenters. The Bertz CT molecular complexity index is 627. The lowest BCUT2D eigenvalue weighted by Gasteiger charge is -2.26. The number of hydrogen-bond donors (Lipinski definition) is 1. The Labute approximate surface area is 171 Å². The molecular formula is C21H32FN2O3S+. The van der Waals surface area contributed by atoms with Crippen molar-refractivity contribution in [1.29, 1.82) is 0 Å². The molecule has 1 aliphatic heterocycles. The van der Waals surface area contributed by atoms with Gasteiger partial charge in [-0.2, -0.15) is 0 Å². The van der Waals surface area contributed by atoms with Crippen LogP contribution in [0.25, 0.3) is 0 Å². The molecule has 156 valence electrons. The standard InChI is InChI=1S/C21H31FN2O3S/c1-3-5-12-23(13-6-7-20(26)27-4-2)16-19(25)24-14-15-28-21(24)17-8-10-18(22)11-9-17/h8-11,21H,3-7,12-16H2,1-2H3/p+1/t21-/m1/s1. The van der Waals surface area contributed by atoms with E-state index in [1.807, 2.05) is 4.90 Å². The Morgan fingerprint density at radius 1 is 1.21 bits per heavy atom. The predicted molar refractivity (Wildman–Crippen MR) is 110 cm³/mol. The molecule has 7 heteroatoms. The zero-order valence-corrected chi connectivity index (χ0v) is 17.7. The van der Waals surface area contributed by atoms with Gasteiger partial charge >= 0.3 is 5.97 Å². The number of nitrogens with zero attached hydrogens (tertiary/aromatic N) is 1. The van der Waals surface area contributed by atoms with Crippen LogP contribution in [0.2, 0.25) is 0 Å². The summed E-state index contributed by atoms with van der Waals surface area (Å²) >= 11 is 1.72. The van der Waals surface area contributed by atoms with E-state index in [9.17, 15) is 14.0 Å². The van der Waals surface area contributed by atoms with E-state index in [4.69, 9.17) is 4.74 Å². The summed E-state index contributed by atoms with van der Waals surface area (Å²) in [6.45, 7) is 7.21. The molecule has 0 radical (unpaired) electrons. The van der Waals surface area contributed by atoms with Crippen molar-refractivity contribution in [2.24, 2.45) is 0 Å². The average Bonchev–Trinajstić information content (AvgIpc) is 3.16. The highest BCUT2D eigenvalue weighted by Crippen LogP contribution is 2.37. The molecule has 0 bridgehead atoms. The third-order valence-corrected chi connectivity index (χ3v) is 6.13. The molecule has 1 amide bonds. The number of thioether (sulfide) groups is 1. The van der Waals surface area contributed by atoms with Crippen LogP contribution in [0.15, 0.2) is 24.3 Å². The molecule has 28 heavy (non-hydrogen) atoms. The highest BCUT2D eigenvalue weighted by atomic mass is 32.2. The van der Waals surface area contributed by atoms with Crippen molar-refractivity contribution in [2.45, 2.75) is 44.9 Å². The van der Waals surface area contributed by atoms with Crippen molar-refractivity contribution in [2.75, 3.05) is 38.5 Å². The summed E-state index contributed by atoms with van der Waals surface area (Å²) in [7, 11) is 0. The molecule has 0 spiro atoms. The number of quaternary nitrogens is 1. The van der Waals surface area contributed by atoms with Gasteiger partial charge in [-0.15, -0.1) is 11.8 Å². The van der Waals surface area contributed by atoms with Gasteiger partial charge in [0.15, 0.2) is 6.54 Å². The van der Waals surface area contributed by atoms with Crippen LogP contribution in [0.1, 0.15) is 50.5 Å². The molecule has 1 aromatic carbocycles. The quantitative estimate of drug-likeness (QED) is 0.568. The number of hydrogen-bond acceptors (Lipinski definition) is 4. The van der Waals surface area contributed by atoms with E-state index in [0.29, 0.717) is 19.6 Å². The van der Waals surface area contributed by atoms with E-state index < -0.39 is 0 Å². The number of ether oxygens (including phenoxy) is 1. The van der Waals surface area contributed by atoms with Crippen molar-refractivity contribution in [1.82, 2.24) is 4.90 Å². The van der Waals surface area contributed by atoms with Gasteiger partial charge in [-0.05, 0) is 31.0 Å². The summed E-state index contributed by atoms with van der Waals surface area (Å²) in [6.07, 6.45) is 3.25. The average molecular weight is 412 g/mol. The van der Waals surface area contributed by atoms with Gasteiger partial charge in [-0.25, -0.2) is 4.39 Å². The lowest BCUT2D eigenvalue weighted by atomic mass is 10.2. The maximum Gasteiger partial charge on any atom is 0.305 e. The molecule has 5 nitrogen and oxygen atoms in total. The van der Waals surface area contributed by atoms with Crippen molar-refractivity contribution in [3.05, 3.63) is 35.6 Å². The van der Waals surface area contributed by atoms with E-state index >= 15 is 0 Å². The van der Waals surface area contributed by atoms with E-state index in [2.05, 4.69) is 6.92 Å². The fourth-order valence-corrected chi connectivity index (χ4v) is 4.67. The molecule has 0 saturated carbocycles. The Hall–Kier alpha value is -1.60. The minimum Gasteiger partial charge on any atom is -0.466 e. The van der Waals surface area contributed by atoms with Crippen LogP contribution in [0.5, 0.6) is 0 Å². The van der Waals surface area contributed by atoms with Crippen LogP contribution in [-0.2, 0) is 14.3 Å². The molecule has 1 unspecified atom stereocenters. The second-order valence-electron chi connectivity index (χ2n) is 7.05. The Balaban J connectivity index is 1.92. The minimum absolute atomic E-state index is 0.0416. The highest BCUT2D eigenvalue weighted by molar-refractivity contribution is 7.99. The lowest BCUT2D eigenvalue weighted by Crippen LogP contribution is -3.13. The molecule has 1 aromatic rings. The van der Waals surface area contributed by atoms with Crippen LogP contribution in [0.3, 0.4) is 0 Å². The first-order chi connectivity index (χ1) is 13.5. The second kappa shape index (κ2) is 12.1. The maximum atomic E-state index is 13.2. The topological polar surface area (TPSA) is 51.1 Å². The van der Waals surface area contributed by atoms with Crippen LogP contribution in [-0.4, -0.2) is 55.3 Å². The van der Waals surface area contributed by atoms with Crippen LogP contribution in [0.4, 0.5) is 4.39 Å². The number of nitrogens with one attached hydrogen (secondary N) is 1. The summed E-state index contributed by atoms with van der Waals surface area (Å²) in [5.41, 5.74) is 0.967. The van der Waals surface area contributed by atoms with E-state index in [1.54, 1.807) is 30.8 Å². The third-order valence-electron chi connectivity index (χ3n) is 4.87. The van der Waals surface area contributed by atoms with Crippen molar-refractivity contribution < 1.29 is 23.6 Å². The number of amides is 1. The smallest absolute Gasteiger partial charge is 0.305 e.